The van der Waals surface area contributed by atoms with Crippen molar-refractivity contribution in [2.24, 2.45) is 5.41 Å². The lowest BCUT2D eigenvalue weighted by atomic mass is 9.98. The van der Waals surface area contributed by atoms with Gasteiger partial charge in [0.05, 0.1) is 24.3 Å². The van der Waals surface area contributed by atoms with Gasteiger partial charge in [-0.3, -0.25) is 0 Å². The molecule has 22 heavy (non-hydrogen) atoms. The van der Waals surface area contributed by atoms with Crippen LogP contribution in [0.4, 0.5) is 4.39 Å². The molecule has 0 aliphatic rings. The molecule has 0 N–H and O–H groups in total. The van der Waals surface area contributed by atoms with E-state index in [1.807, 2.05) is 27.7 Å². The zero-order valence-corrected chi connectivity index (χ0v) is 13.6. The molecule has 0 saturated carbocycles. The van der Waals surface area contributed by atoms with E-state index in [0.29, 0.717) is 0 Å². The summed E-state index contributed by atoms with van der Waals surface area (Å²) in [5.74, 6) is -1.97. The molecule has 0 saturated heterocycles. The van der Waals surface area contributed by atoms with Crippen LogP contribution in [0.2, 0.25) is 0 Å². The fourth-order valence-corrected chi connectivity index (χ4v) is 1.61. The highest BCUT2D eigenvalue weighted by molar-refractivity contribution is 6.03. The number of hydrogen-bond acceptors (Lipinski definition) is 4. The van der Waals surface area contributed by atoms with Crippen molar-refractivity contribution in [1.29, 1.82) is 0 Å². The molecule has 0 aromatic heterocycles. The fourth-order valence-electron chi connectivity index (χ4n) is 1.61. The van der Waals surface area contributed by atoms with E-state index in [2.05, 4.69) is 0 Å². The number of esters is 2. The molecule has 0 atom stereocenters. The van der Waals surface area contributed by atoms with Crippen molar-refractivity contribution in [3.63, 3.8) is 0 Å². The second kappa shape index (κ2) is 7.92. The Labute approximate surface area is 130 Å². The monoisotopic (exact) mass is 310 g/mol. The summed E-state index contributed by atoms with van der Waals surface area (Å²) in [4.78, 5) is 24.1. The van der Waals surface area contributed by atoms with Gasteiger partial charge in [0.2, 0.25) is 0 Å². The minimum absolute atomic E-state index is 0.0245. The van der Waals surface area contributed by atoms with Gasteiger partial charge in [-0.2, -0.15) is 0 Å². The van der Waals surface area contributed by atoms with E-state index in [1.54, 1.807) is 0 Å². The van der Waals surface area contributed by atoms with Crippen molar-refractivity contribution in [3.05, 3.63) is 35.1 Å². The first kappa shape index (κ1) is 18.1. The molecule has 0 amide bonds. The van der Waals surface area contributed by atoms with E-state index < -0.39 is 17.8 Å². The average Bonchev–Trinajstić information content (AvgIpc) is 2.44. The summed E-state index contributed by atoms with van der Waals surface area (Å²) in [6.07, 6.45) is 1.62. The minimum atomic E-state index is -0.725. The maximum Gasteiger partial charge on any atom is 0.339 e. The van der Waals surface area contributed by atoms with Crippen molar-refractivity contribution in [2.75, 3.05) is 13.2 Å². The molecule has 1 aromatic rings. The summed E-state index contributed by atoms with van der Waals surface area (Å²) >= 11 is 0. The fraction of sp³-hybridized carbons (Fsp3) is 0.529. The van der Waals surface area contributed by atoms with Crippen molar-refractivity contribution in [1.82, 2.24) is 0 Å². The van der Waals surface area contributed by atoms with Crippen molar-refractivity contribution >= 4 is 11.9 Å². The first-order chi connectivity index (χ1) is 10.2. The summed E-state index contributed by atoms with van der Waals surface area (Å²) in [5.41, 5.74) is -0.299. The second-order valence-corrected chi connectivity index (χ2v) is 6.32. The SMILES string of the molecule is CCCCOC(=O)c1ccc(F)cc1C(=O)OCC(C)(C)C. The maximum absolute atomic E-state index is 13.4. The molecule has 122 valence electrons. The number of unbranched alkanes of at least 4 members (excludes halogenated alkanes) is 1. The average molecular weight is 310 g/mol. The molecule has 0 radical (unpaired) electrons. The van der Waals surface area contributed by atoms with Crippen LogP contribution in [0.5, 0.6) is 0 Å². The molecule has 1 rings (SSSR count). The van der Waals surface area contributed by atoms with Crippen LogP contribution in [0.3, 0.4) is 0 Å². The Balaban J connectivity index is 2.90. The van der Waals surface area contributed by atoms with Gasteiger partial charge in [-0.15, -0.1) is 0 Å². The Morgan fingerprint density at radius 3 is 2.32 bits per heavy atom. The quantitative estimate of drug-likeness (QED) is 0.589. The summed E-state index contributed by atoms with van der Waals surface area (Å²) < 4.78 is 23.6. The molecule has 0 bridgehead atoms. The molecular formula is C17H23FO4. The zero-order valence-electron chi connectivity index (χ0n) is 13.6. The summed E-state index contributed by atoms with van der Waals surface area (Å²) in [6.45, 7) is 8.14. The Hall–Kier alpha value is -1.91. The maximum atomic E-state index is 13.4. The smallest absolute Gasteiger partial charge is 0.339 e. The van der Waals surface area contributed by atoms with Crippen molar-refractivity contribution in [2.45, 2.75) is 40.5 Å². The zero-order chi connectivity index (χ0) is 16.8. The van der Waals surface area contributed by atoms with Gasteiger partial charge in [0.25, 0.3) is 0 Å². The molecule has 0 heterocycles. The normalized spacial score (nSPS) is 11.1. The third-order valence-electron chi connectivity index (χ3n) is 2.79. The molecule has 5 heteroatoms. The number of ether oxygens (including phenoxy) is 2. The lowest BCUT2D eigenvalue weighted by Gasteiger charge is -2.18. The minimum Gasteiger partial charge on any atom is -0.462 e. The van der Waals surface area contributed by atoms with Gasteiger partial charge in [0.1, 0.15) is 5.82 Å². The molecule has 0 aliphatic carbocycles. The van der Waals surface area contributed by atoms with Crippen molar-refractivity contribution in [3.8, 4) is 0 Å². The van der Waals surface area contributed by atoms with E-state index in [4.69, 9.17) is 9.47 Å². The Morgan fingerprint density at radius 2 is 1.73 bits per heavy atom. The summed E-state index contributed by atoms with van der Waals surface area (Å²) in [6, 6.07) is 3.37. The van der Waals surface area contributed by atoms with Crippen LogP contribution >= 0.6 is 0 Å². The lowest BCUT2D eigenvalue weighted by molar-refractivity contribution is 0.0352. The van der Waals surface area contributed by atoms with Crippen LogP contribution in [0.1, 0.15) is 61.3 Å². The number of hydrogen-bond donors (Lipinski definition) is 0. The van der Waals surface area contributed by atoms with Gasteiger partial charge in [0.15, 0.2) is 0 Å². The highest BCUT2D eigenvalue weighted by Gasteiger charge is 2.22. The van der Waals surface area contributed by atoms with Gasteiger partial charge in [-0.1, -0.05) is 34.1 Å². The third-order valence-corrected chi connectivity index (χ3v) is 2.79. The van der Waals surface area contributed by atoms with Gasteiger partial charge in [-0.05, 0) is 30.0 Å². The highest BCUT2D eigenvalue weighted by atomic mass is 19.1. The van der Waals surface area contributed by atoms with Gasteiger partial charge in [0, 0.05) is 0 Å². The van der Waals surface area contributed by atoms with Crippen LogP contribution in [0.15, 0.2) is 18.2 Å². The summed E-state index contributed by atoms with van der Waals surface area (Å²) in [5, 5.41) is 0. The first-order valence-corrected chi connectivity index (χ1v) is 7.38. The Morgan fingerprint density at radius 1 is 1.09 bits per heavy atom. The Kier molecular flexibility index (Phi) is 6.53. The van der Waals surface area contributed by atoms with E-state index in [9.17, 15) is 14.0 Å². The molecule has 1 aromatic carbocycles. The van der Waals surface area contributed by atoms with E-state index >= 15 is 0 Å². The van der Waals surface area contributed by atoms with Crippen LogP contribution in [-0.2, 0) is 9.47 Å². The number of rotatable bonds is 6. The predicted molar refractivity (Wildman–Crippen MR) is 81.3 cm³/mol. The highest BCUT2D eigenvalue weighted by Crippen LogP contribution is 2.18. The second-order valence-electron chi connectivity index (χ2n) is 6.32. The number of benzene rings is 1. The van der Waals surface area contributed by atoms with Crippen molar-refractivity contribution < 1.29 is 23.5 Å². The number of halogens is 1. The molecule has 4 nitrogen and oxygen atoms in total. The standard InChI is InChI=1S/C17H23FO4/c1-5-6-9-21-15(19)13-8-7-12(18)10-14(13)16(20)22-11-17(2,3)4/h7-8,10H,5-6,9,11H2,1-4H3. The van der Waals surface area contributed by atoms with Crippen LogP contribution < -0.4 is 0 Å². The van der Waals surface area contributed by atoms with Gasteiger partial charge < -0.3 is 9.47 Å². The summed E-state index contributed by atoms with van der Waals surface area (Å²) in [7, 11) is 0. The van der Waals surface area contributed by atoms with Crippen LogP contribution in [-0.4, -0.2) is 25.2 Å². The molecule has 0 fully saturated rings. The molecular weight excluding hydrogens is 287 g/mol. The van der Waals surface area contributed by atoms with E-state index in [1.165, 1.54) is 6.07 Å². The largest absolute Gasteiger partial charge is 0.462 e. The molecule has 0 aliphatic heterocycles. The topological polar surface area (TPSA) is 52.6 Å². The van der Waals surface area contributed by atoms with E-state index in [0.717, 1.165) is 25.0 Å². The van der Waals surface area contributed by atoms with Crippen LogP contribution in [0, 0.1) is 11.2 Å². The van der Waals surface area contributed by atoms with Gasteiger partial charge in [-0.25, -0.2) is 14.0 Å². The predicted octanol–water partition coefficient (Wildman–Crippen LogP) is 3.99. The number of carbonyl (C=O) groups is 2. The van der Waals surface area contributed by atoms with Gasteiger partial charge >= 0.3 is 11.9 Å². The lowest BCUT2D eigenvalue weighted by Crippen LogP contribution is -2.20. The molecule has 0 spiro atoms. The third kappa shape index (κ3) is 5.84. The Bertz CT molecular complexity index is 532. The number of carbonyl (C=O) groups excluding carboxylic acids is 2. The van der Waals surface area contributed by atoms with Crippen LogP contribution in [0.25, 0.3) is 0 Å². The van der Waals surface area contributed by atoms with E-state index in [-0.39, 0.29) is 29.8 Å². The first-order valence-electron chi connectivity index (χ1n) is 7.38. The molecule has 0 unspecified atom stereocenters.